The number of aromatic nitrogens is 1. The summed E-state index contributed by atoms with van der Waals surface area (Å²) in [6, 6.07) is 32.8. The van der Waals surface area contributed by atoms with Crippen molar-refractivity contribution >= 4 is 34.6 Å². The van der Waals surface area contributed by atoms with Crippen LogP contribution in [0.25, 0.3) is 11.3 Å². The van der Waals surface area contributed by atoms with E-state index in [0.29, 0.717) is 10.1 Å². The summed E-state index contributed by atoms with van der Waals surface area (Å²) in [5, 5.41) is 4.74. The summed E-state index contributed by atoms with van der Waals surface area (Å²) in [4.78, 5) is 6.70. The predicted octanol–water partition coefficient (Wildman–Crippen LogP) is 8.27. The number of thiocarbonyl (C=S) groups is 1. The molecular weight excluding hydrogens is 514 g/mol. The van der Waals surface area contributed by atoms with Crippen molar-refractivity contribution in [3.63, 3.8) is 0 Å². The first kappa shape index (κ1) is 24.2. The number of nitrogens with one attached hydrogen (secondary N) is 1. The third kappa shape index (κ3) is 4.76. The van der Waals surface area contributed by atoms with E-state index >= 15 is 0 Å². The standard InChI is InChI=1S/C31H24ClN3O2S/c1-20-10-11-21(32)19-25(20)27-16-17-28(37-27)30-29(26-9-5-6-18-33-26)34-31(38)35(30)22-12-14-24(15-13-22)36-23-7-3-2-4-8-23/h2-19,29-30H,1H3,(H,34,38). The summed E-state index contributed by atoms with van der Waals surface area (Å²) in [5.74, 6) is 3.05. The highest BCUT2D eigenvalue weighted by Crippen LogP contribution is 2.43. The maximum atomic E-state index is 6.49. The van der Waals surface area contributed by atoms with E-state index in [1.807, 2.05) is 110 Å². The van der Waals surface area contributed by atoms with Gasteiger partial charge in [-0.15, -0.1) is 0 Å². The van der Waals surface area contributed by atoms with Crippen molar-refractivity contribution in [1.29, 1.82) is 0 Å². The molecule has 2 unspecified atom stereocenters. The summed E-state index contributed by atoms with van der Waals surface area (Å²) in [7, 11) is 0. The van der Waals surface area contributed by atoms with Crippen molar-refractivity contribution in [2.45, 2.75) is 19.0 Å². The van der Waals surface area contributed by atoms with Crippen LogP contribution in [0.15, 0.2) is 114 Å². The number of hydrogen-bond acceptors (Lipinski definition) is 4. The average Bonchev–Trinajstić information content (AvgIpc) is 3.56. The molecule has 188 valence electrons. The lowest BCUT2D eigenvalue weighted by atomic mass is 10.0. The van der Waals surface area contributed by atoms with Crippen LogP contribution in [-0.4, -0.2) is 10.1 Å². The summed E-state index contributed by atoms with van der Waals surface area (Å²) < 4.78 is 12.5. The third-order valence-corrected chi connectivity index (χ3v) is 7.12. The maximum absolute atomic E-state index is 6.49. The van der Waals surface area contributed by atoms with Crippen LogP contribution < -0.4 is 15.0 Å². The number of benzene rings is 3. The molecule has 0 amide bonds. The summed E-state index contributed by atoms with van der Waals surface area (Å²) in [6.07, 6.45) is 1.79. The van der Waals surface area contributed by atoms with Gasteiger partial charge in [0.15, 0.2) is 5.11 Å². The quantitative estimate of drug-likeness (QED) is 0.220. The third-order valence-electron chi connectivity index (χ3n) is 6.58. The molecule has 0 radical (unpaired) electrons. The molecular formula is C31H24ClN3O2S. The topological polar surface area (TPSA) is 50.5 Å². The number of nitrogens with zero attached hydrogens (tertiary/aromatic N) is 2. The summed E-state index contributed by atoms with van der Waals surface area (Å²) in [6.45, 7) is 2.04. The second-order valence-electron chi connectivity index (χ2n) is 9.07. The Kier molecular flexibility index (Phi) is 6.58. The molecule has 38 heavy (non-hydrogen) atoms. The van der Waals surface area contributed by atoms with Crippen molar-refractivity contribution in [3.05, 3.63) is 131 Å². The minimum atomic E-state index is -0.258. The number of rotatable bonds is 6. The minimum absolute atomic E-state index is 0.205. The number of furan rings is 1. The molecule has 6 rings (SSSR count). The monoisotopic (exact) mass is 537 g/mol. The highest BCUT2D eigenvalue weighted by Gasteiger charge is 2.42. The Morgan fingerprint density at radius 2 is 1.66 bits per heavy atom. The number of hydrogen-bond donors (Lipinski definition) is 1. The van der Waals surface area contributed by atoms with Gasteiger partial charge in [0.2, 0.25) is 0 Å². The van der Waals surface area contributed by atoms with Gasteiger partial charge in [-0.05, 0) is 97.5 Å². The van der Waals surface area contributed by atoms with Gasteiger partial charge in [0.1, 0.15) is 29.1 Å². The molecule has 1 saturated heterocycles. The highest BCUT2D eigenvalue weighted by atomic mass is 35.5. The Labute approximate surface area is 231 Å². The lowest BCUT2D eigenvalue weighted by Crippen LogP contribution is -2.29. The fourth-order valence-electron chi connectivity index (χ4n) is 4.74. The molecule has 3 heterocycles. The molecule has 0 saturated carbocycles. The first-order valence-corrected chi connectivity index (χ1v) is 13.1. The van der Waals surface area contributed by atoms with E-state index in [-0.39, 0.29) is 12.1 Å². The van der Waals surface area contributed by atoms with Crippen LogP contribution in [0.2, 0.25) is 5.02 Å². The number of anilines is 1. The number of aryl methyl sites for hydroxylation is 1. The molecule has 2 atom stereocenters. The van der Waals surface area contributed by atoms with E-state index in [2.05, 4.69) is 15.2 Å². The normalized spacial score (nSPS) is 16.9. The van der Waals surface area contributed by atoms with Gasteiger partial charge in [-0.2, -0.15) is 0 Å². The molecule has 7 heteroatoms. The molecule has 1 N–H and O–H groups in total. The second-order valence-corrected chi connectivity index (χ2v) is 9.89. The van der Waals surface area contributed by atoms with Gasteiger partial charge in [0, 0.05) is 22.5 Å². The SMILES string of the molecule is Cc1ccc(Cl)cc1-c1ccc(C2C(c3ccccn3)NC(=S)N2c2ccc(Oc3ccccc3)cc2)o1. The van der Waals surface area contributed by atoms with E-state index in [4.69, 9.17) is 33.0 Å². The van der Waals surface area contributed by atoms with E-state index in [0.717, 1.165) is 45.5 Å². The zero-order valence-corrected chi connectivity index (χ0v) is 22.1. The first-order valence-electron chi connectivity index (χ1n) is 12.3. The van der Waals surface area contributed by atoms with Crippen LogP contribution in [0, 0.1) is 6.92 Å². The largest absolute Gasteiger partial charge is 0.459 e. The minimum Gasteiger partial charge on any atom is -0.459 e. The van der Waals surface area contributed by atoms with Gasteiger partial charge in [-0.25, -0.2) is 0 Å². The molecule has 5 aromatic rings. The van der Waals surface area contributed by atoms with Crippen LogP contribution in [0.3, 0.4) is 0 Å². The van der Waals surface area contributed by atoms with Crippen LogP contribution in [0.5, 0.6) is 11.5 Å². The van der Waals surface area contributed by atoms with Gasteiger partial charge in [-0.3, -0.25) is 4.98 Å². The van der Waals surface area contributed by atoms with Gasteiger partial charge in [0.05, 0.1) is 11.7 Å². The maximum Gasteiger partial charge on any atom is 0.174 e. The molecule has 1 fully saturated rings. The molecule has 0 aliphatic carbocycles. The zero-order chi connectivity index (χ0) is 26.1. The number of halogens is 1. The Balaban J connectivity index is 1.37. The van der Waals surface area contributed by atoms with Gasteiger partial charge in [-0.1, -0.05) is 41.9 Å². The lowest BCUT2D eigenvalue weighted by Gasteiger charge is -2.26. The lowest BCUT2D eigenvalue weighted by molar-refractivity contribution is 0.439. The zero-order valence-electron chi connectivity index (χ0n) is 20.5. The fourth-order valence-corrected chi connectivity index (χ4v) is 5.26. The number of para-hydroxylation sites is 1. The Bertz CT molecular complexity index is 1570. The van der Waals surface area contributed by atoms with E-state index in [9.17, 15) is 0 Å². The fraction of sp³-hybridized carbons (Fsp3) is 0.0968. The molecule has 2 aromatic heterocycles. The smallest absolute Gasteiger partial charge is 0.174 e. The van der Waals surface area contributed by atoms with E-state index in [1.54, 1.807) is 6.20 Å². The second kappa shape index (κ2) is 10.3. The van der Waals surface area contributed by atoms with Crippen molar-refractivity contribution < 1.29 is 9.15 Å². The van der Waals surface area contributed by atoms with Crippen molar-refractivity contribution in [2.75, 3.05) is 4.90 Å². The first-order chi connectivity index (χ1) is 18.6. The van der Waals surface area contributed by atoms with Crippen molar-refractivity contribution in [3.8, 4) is 22.8 Å². The molecule has 3 aromatic carbocycles. The van der Waals surface area contributed by atoms with E-state index < -0.39 is 0 Å². The van der Waals surface area contributed by atoms with E-state index in [1.165, 1.54) is 0 Å². The Hall–Kier alpha value is -4.13. The number of ether oxygens (including phenoxy) is 1. The Morgan fingerprint density at radius 3 is 2.42 bits per heavy atom. The van der Waals surface area contributed by atoms with Crippen molar-refractivity contribution in [2.24, 2.45) is 0 Å². The van der Waals surface area contributed by atoms with Gasteiger partial charge < -0.3 is 19.4 Å². The summed E-state index contributed by atoms with van der Waals surface area (Å²) in [5.41, 5.74) is 3.84. The Morgan fingerprint density at radius 1 is 0.895 bits per heavy atom. The van der Waals surface area contributed by atoms with Gasteiger partial charge >= 0.3 is 0 Å². The number of pyridine rings is 1. The molecule has 1 aliphatic heterocycles. The van der Waals surface area contributed by atoms with Crippen LogP contribution in [-0.2, 0) is 0 Å². The van der Waals surface area contributed by atoms with Crippen molar-refractivity contribution in [1.82, 2.24) is 10.3 Å². The molecule has 5 nitrogen and oxygen atoms in total. The van der Waals surface area contributed by atoms with Gasteiger partial charge in [0.25, 0.3) is 0 Å². The van der Waals surface area contributed by atoms with Crippen LogP contribution >= 0.6 is 23.8 Å². The molecule has 0 spiro atoms. The molecule has 0 bridgehead atoms. The van der Waals surface area contributed by atoms with Crippen LogP contribution in [0.4, 0.5) is 5.69 Å². The summed E-state index contributed by atoms with van der Waals surface area (Å²) >= 11 is 12.1. The van der Waals surface area contributed by atoms with Crippen LogP contribution in [0.1, 0.15) is 29.1 Å². The highest BCUT2D eigenvalue weighted by molar-refractivity contribution is 7.80. The predicted molar refractivity (Wildman–Crippen MR) is 155 cm³/mol. The molecule has 1 aliphatic rings. The average molecular weight is 538 g/mol.